The Labute approximate surface area is 87.0 Å². The van der Waals surface area contributed by atoms with Gasteiger partial charge in [-0.25, -0.2) is 0 Å². The highest BCUT2D eigenvalue weighted by Gasteiger charge is 2.13. The van der Waals surface area contributed by atoms with Gasteiger partial charge in [0.2, 0.25) is 0 Å². The molecule has 9 heteroatoms. The van der Waals surface area contributed by atoms with Gasteiger partial charge in [0.15, 0.2) is 0 Å². The quantitative estimate of drug-likeness (QED) is 0.261. The van der Waals surface area contributed by atoms with E-state index in [9.17, 15) is 18.9 Å². The average molecular weight is 230 g/mol. The van der Waals surface area contributed by atoms with Crippen molar-refractivity contribution >= 4 is 11.4 Å². The minimum Gasteiger partial charge on any atom is -0.434 e. The lowest BCUT2D eigenvalue weighted by Gasteiger charge is -2.06. The summed E-state index contributed by atoms with van der Waals surface area (Å²) < 4.78 is 27.8. The van der Waals surface area contributed by atoms with Crippen LogP contribution in [0.1, 0.15) is 0 Å². The first-order valence-corrected chi connectivity index (χ1v) is 3.83. The molecule has 0 N–H and O–H groups in total. The molecule has 0 bridgehead atoms. The second kappa shape index (κ2) is 4.89. The van der Waals surface area contributed by atoms with Gasteiger partial charge in [-0.3, -0.25) is 10.1 Å². The molecule has 0 aliphatic heterocycles. The van der Waals surface area contributed by atoms with Gasteiger partial charge in [-0.15, -0.1) is 0 Å². The lowest BCUT2D eigenvalue weighted by Crippen LogP contribution is -2.02. The maximum atomic E-state index is 11.9. The highest BCUT2D eigenvalue weighted by molar-refractivity contribution is 5.57. The van der Waals surface area contributed by atoms with Crippen LogP contribution in [-0.2, 0) is 0 Å². The molecule has 0 unspecified atom stereocenters. The second-order valence-corrected chi connectivity index (χ2v) is 2.48. The number of nitrogens with zero attached hydrogens (tertiary/aromatic N) is 4. The second-order valence-electron chi connectivity index (χ2n) is 2.48. The van der Waals surface area contributed by atoms with Crippen LogP contribution in [0.15, 0.2) is 23.3 Å². The summed E-state index contributed by atoms with van der Waals surface area (Å²) in [5, 5.41) is 13.4. The summed E-state index contributed by atoms with van der Waals surface area (Å²) in [6, 6.07) is 2.75. The van der Waals surface area contributed by atoms with Crippen LogP contribution in [-0.4, -0.2) is 11.5 Å². The molecule has 0 atom stereocenters. The van der Waals surface area contributed by atoms with Crippen LogP contribution in [0.25, 0.3) is 10.4 Å². The largest absolute Gasteiger partial charge is 0.434 e. The molecule has 0 amide bonds. The SMILES string of the molecule is [N-]=[N+]=Nc1cc([N+](=O)[O-])ccc1OC(F)F. The van der Waals surface area contributed by atoms with Gasteiger partial charge in [0.05, 0.1) is 10.6 Å². The van der Waals surface area contributed by atoms with Crippen LogP contribution in [0.3, 0.4) is 0 Å². The summed E-state index contributed by atoms with van der Waals surface area (Å²) >= 11 is 0. The smallest absolute Gasteiger partial charge is 0.387 e. The van der Waals surface area contributed by atoms with E-state index in [0.29, 0.717) is 0 Å². The molecule has 0 saturated carbocycles. The van der Waals surface area contributed by atoms with E-state index in [0.717, 1.165) is 18.2 Å². The van der Waals surface area contributed by atoms with Gasteiger partial charge in [-0.05, 0) is 11.6 Å². The number of benzene rings is 1. The van der Waals surface area contributed by atoms with Crippen LogP contribution in [0.5, 0.6) is 5.75 Å². The molecule has 0 aromatic heterocycles. The number of halogens is 2. The van der Waals surface area contributed by atoms with Crippen molar-refractivity contribution in [3.63, 3.8) is 0 Å². The fraction of sp³-hybridized carbons (Fsp3) is 0.143. The van der Waals surface area contributed by atoms with Gasteiger partial charge in [-0.2, -0.15) is 8.78 Å². The maximum Gasteiger partial charge on any atom is 0.387 e. The van der Waals surface area contributed by atoms with Gasteiger partial charge in [0.1, 0.15) is 5.75 Å². The zero-order valence-electron chi connectivity index (χ0n) is 7.58. The zero-order valence-corrected chi connectivity index (χ0v) is 7.58. The summed E-state index contributed by atoms with van der Waals surface area (Å²) in [5.74, 6) is -0.418. The highest BCUT2D eigenvalue weighted by atomic mass is 19.3. The van der Waals surface area contributed by atoms with E-state index >= 15 is 0 Å². The van der Waals surface area contributed by atoms with Crippen molar-refractivity contribution in [2.75, 3.05) is 0 Å². The van der Waals surface area contributed by atoms with E-state index in [-0.39, 0.29) is 11.4 Å². The molecule has 0 aliphatic carbocycles. The minimum absolute atomic E-state index is 0.364. The molecule has 0 saturated heterocycles. The Balaban J connectivity index is 3.18. The van der Waals surface area contributed by atoms with Crippen molar-refractivity contribution < 1.29 is 18.4 Å². The molecule has 1 rings (SSSR count). The summed E-state index contributed by atoms with van der Waals surface area (Å²) in [7, 11) is 0. The third kappa shape index (κ3) is 2.79. The van der Waals surface area contributed by atoms with E-state index in [4.69, 9.17) is 5.53 Å². The molecule has 0 aliphatic rings. The van der Waals surface area contributed by atoms with Crippen LogP contribution >= 0.6 is 0 Å². The van der Waals surface area contributed by atoms with E-state index in [1.54, 1.807) is 0 Å². The van der Waals surface area contributed by atoms with Crippen LogP contribution in [0, 0.1) is 10.1 Å². The van der Waals surface area contributed by atoms with Crippen LogP contribution in [0.2, 0.25) is 0 Å². The number of ether oxygens (including phenoxy) is 1. The maximum absolute atomic E-state index is 11.9. The Kier molecular flexibility index (Phi) is 3.57. The Morgan fingerprint density at radius 2 is 2.25 bits per heavy atom. The summed E-state index contributed by atoms with van der Waals surface area (Å²) in [6.45, 7) is -3.10. The van der Waals surface area contributed by atoms with E-state index in [1.807, 2.05) is 0 Å². The van der Waals surface area contributed by atoms with Crippen molar-refractivity contribution in [3.8, 4) is 5.75 Å². The molecule has 0 radical (unpaired) electrons. The van der Waals surface area contributed by atoms with Gasteiger partial charge < -0.3 is 4.74 Å². The number of nitro benzene ring substituents is 1. The van der Waals surface area contributed by atoms with E-state index in [2.05, 4.69) is 14.8 Å². The Bertz CT molecular complexity index is 459. The predicted molar refractivity (Wildman–Crippen MR) is 48.5 cm³/mol. The number of non-ortho nitro benzene ring substituents is 1. The van der Waals surface area contributed by atoms with E-state index < -0.39 is 17.3 Å². The van der Waals surface area contributed by atoms with Crippen LogP contribution < -0.4 is 4.74 Å². The highest BCUT2D eigenvalue weighted by Crippen LogP contribution is 2.32. The number of nitro groups is 1. The molecular weight excluding hydrogens is 226 g/mol. The fourth-order valence-electron chi connectivity index (χ4n) is 0.941. The zero-order chi connectivity index (χ0) is 12.1. The topological polar surface area (TPSA) is 101 Å². The molecule has 0 spiro atoms. The normalized spacial score (nSPS) is 9.69. The molecule has 0 fully saturated rings. The van der Waals surface area contributed by atoms with Gasteiger partial charge in [-0.1, -0.05) is 5.11 Å². The van der Waals surface area contributed by atoms with E-state index in [1.165, 1.54) is 0 Å². The summed E-state index contributed by atoms with van der Waals surface area (Å²) in [6.07, 6.45) is 0. The van der Waals surface area contributed by atoms with Crippen molar-refractivity contribution in [2.24, 2.45) is 5.11 Å². The first kappa shape index (κ1) is 11.7. The number of hydrogen-bond donors (Lipinski definition) is 0. The number of azide groups is 1. The lowest BCUT2D eigenvalue weighted by atomic mass is 10.2. The predicted octanol–water partition coefficient (Wildman–Crippen LogP) is 3.14. The van der Waals surface area contributed by atoms with Gasteiger partial charge in [0.25, 0.3) is 5.69 Å². The Hall–Kier alpha value is -2.41. The summed E-state index contributed by atoms with van der Waals surface area (Å²) in [4.78, 5) is 12.0. The molecule has 1 aromatic rings. The average Bonchev–Trinajstić information content (AvgIpc) is 2.20. The molecule has 1 aromatic carbocycles. The Morgan fingerprint density at radius 1 is 1.56 bits per heavy atom. The van der Waals surface area contributed by atoms with Crippen molar-refractivity contribution in [3.05, 3.63) is 38.8 Å². The first-order valence-electron chi connectivity index (χ1n) is 3.83. The van der Waals surface area contributed by atoms with Gasteiger partial charge in [0, 0.05) is 17.0 Å². The third-order valence-corrected chi connectivity index (χ3v) is 1.52. The van der Waals surface area contributed by atoms with Crippen LogP contribution in [0.4, 0.5) is 20.2 Å². The number of hydrogen-bond acceptors (Lipinski definition) is 4. The molecule has 84 valence electrons. The molecule has 7 nitrogen and oxygen atoms in total. The Morgan fingerprint density at radius 3 is 2.75 bits per heavy atom. The number of rotatable bonds is 4. The standard InChI is InChI=1S/C7H4F2N4O3/c8-7(9)16-6-2-1-4(13(14)15)3-5(6)11-12-10/h1-3,7H. The van der Waals surface area contributed by atoms with Crippen molar-refractivity contribution in [1.82, 2.24) is 0 Å². The van der Waals surface area contributed by atoms with Crippen molar-refractivity contribution in [1.29, 1.82) is 0 Å². The monoisotopic (exact) mass is 230 g/mol. The number of alkyl halides is 2. The van der Waals surface area contributed by atoms with Crippen molar-refractivity contribution in [2.45, 2.75) is 6.61 Å². The minimum atomic E-state index is -3.10. The molecule has 16 heavy (non-hydrogen) atoms. The lowest BCUT2D eigenvalue weighted by molar-refractivity contribution is -0.384. The third-order valence-electron chi connectivity index (χ3n) is 1.52. The van der Waals surface area contributed by atoms with Gasteiger partial charge >= 0.3 is 6.61 Å². The summed E-state index contributed by atoms with van der Waals surface area (Å²) in [5.41, 5.74) is 7.40. The fourth-order valence-corrected chi connectivity index (χ4v) is 0.941. The first-order chi connectivity index (χ1) is 7.54. The molecular formula is C7H4F2N4O3. The molecule has 0 heterocycles.